The molecule has 2 heterocycles. The Bertz CT molecular complexity index is 674. The summed E-state index contributed by atoms with van der Waals surface area (Å²) in [6.07, 6.45) is 0.995. The van der Waals surface area contributed by atoms with Crippen molar-refractivity contribution in [2.45, 2.75) is 37.5 Å². The van der Waals surface area contributed by atoms with Crippen LogP contribution >= 0.6 is 0 Å². The highest BCUT2D eigenvalue weighted by molar-refractivity contribution is 7.90. The molecule has 0 fully saturated rings. The van der Waals surface area contributed by atoms with Crippen LogP contribution in [0.2, 0.25) is 0 Å². The molecule has 0 saturated carbocycles. The summed E-state index contributed by atoms with van der Waals surface area (Å²) in [6.45, 7) is 5.72. The van der Waals surface area contributed by atoms with E-state index >= 15 is 0 Å². The predicted octanol–water partition coefficient (Wildman–Crippen LogP) is 2.04. The predicted molar refractivity (Wildman–Crippen MR) is 68.7 cm³/mol. The summed E-state index contributed by atoms with van der Waals surface area (Å²) >= 11 is 0. The summed E-state index contributed by atoms with van der Waals surface area (Å²) < 4.78 is 39.6. The van der Waals surface area contributed by atoms with Gasteiger partial charge in [-0.15, -0.1) is 0 Å². The summed E-state index contributed by atoms with van der Waals surface area (Å²) in [4.78, 5) is 4.18. The molecule has 0 spiro atoms. The Labute approximate surface area is 116 Å². The van der Waals surface area contributed by atoms with Gasteiger partial charge in [-0.25, -0.2) is 8.42 Å². The van der Waals surface area contributed by atoms with Crippen LogP contribution in [-0.2, 0) is 20.3 Å². The Morgan fingerprint density at radius 1 is 1.45 bits per heavy atom. The van der Waals surface area contributed by atoms with Gasteiger partial charge in [-0.2, -0.15) is 4.98 Å². The molecule has 1 unspecified atom stereocenters. The second-order valence-electron chi connectivity index (χ2n) is 4.24. The van der Waals surface area contributed by atoms with Crippen molar-refractivity contribution in [1.29, 1.82) is 0 Å². The number of furan rings is 1. The molecule has 110 valence electrons. The fraction of sp³-hybridized carbons (Fsp3) is 0.500. The highest BCUT2D eigenvalue weighted by Gasteiger charge is 2.24. The molecule has 0 radical (unpaired) electrons. The normalized spacial score (nSPS) is 13.6. The van der Waals surface area contributed by atoms with Gasteiger partial charge in [0.1, 0.15) is 22.5 Å². The van der Waals surface area contributed by atoms with E-state index in [-0.39, 0.29) is 22.6 Å². The zero-order valence-corrected chi connectivity index (χ0v) is 12.3. The zero-order valence-electron chi connectivity index (χ0n) is 11.5. The highest BCUT2D eigenvalue weighted by Crippen LogP contribution is 2.21. The molecule has 0 amide bonds. The van der Waals surface area contributed by atoms with Crippen molar-refractivity contribution in [2.75, 3.05) is 6.61 Å². The summed E-state index contributed by atoms with van der Waals surface area (Å²) in [5.74, 6) is 0.347. The standard InChI is InChI=1S/C12H16N2O5S/c1-4-17-9(3)12-13-11(19-14-12)7-20(15,16)10-5-6-18-8(10)2/h5-6,9H,4,7H2,1-3H3. The van der Waals surface area contributed by atoms with Crippen LogP contribution in [0.3, 0.4) is 0 Å². The molecular weight excluding hydrogens is 284 g/mol. The third kappa shape index (κ3) is 3.07. The fourth-order valence-corrected chi connectivity index (χ4v) is 3.10. The molecule has 0 aliphatic rings. The molecule has 0 N–H and O–H groups in total. The molecule has 20 heavy (non-hydrogen) atoms. The van der Waals surface area contributed by atoms with Gasteiger partial charge >= 0.3 is 0 Å². The van der Waals surface area contributed by atoms with Crippen LogP contribution in [0.1, 0.15) is 37.4 Å². The van der Waals surface area contributed by atoms with E-state index in [2.05, 4.69) is 10.1 Å². The SMILES string of the molecule is CCOC(C)c1noc(CS(=O)(=O)c2ccoc2C)n1. The molecular formula is C12H16N2O5S. The summed E-state index contributed by atoms with van der Waals surface area (Å²) in [5, 5.41) is 3.72. The van der Waals surface area contributed by atoms with Crippen LogP contribution in [0.5, 0.6) is 0 Å². The van der Waals surface area contributed by atoms with Crippen LogP contribution in [0.15, 0.2) is 26.2 Å². The van der Waals surface area contributed by atoms with Crippen molar-refractivity contribution in [1.82, 2.24) is 10.1 Å². The first-order chi connectivity index (χ1) is 9.44. The first kappa shape index (κ1) is 14.7. The van der Waals surface area contributed by atoms with Gasteiger partial charge in [0.05, 0.1) is 6.26 Å². The first-order valence-electron chi connectivity index (χ1n) is 6.15. The van der Waals surface area contributed by atoms with Gasteiger partial charge in [0.2, 0.25) is 5.89 Å². The molecule has 0 aliphatic carbocycles. The number of aryl methyl sites for hydroxylation is 1. The largest absolute Gasteiger partial charge is 0.468 e. The van der Waals surface area contributed by atoms with Crippen LogP contribution in [0, 0.1) is 6.92 Å². The maximum Gasteiger partial charge on any atom is 0.242 e. The lowest BCUT2D eigenvalue weighted by molar-refractivity contribution is 0.0683. The smallest absolute Gasteiger partial charge is 0.242 e. The molecule has 1 atom stereocenters. The molecule has 0 bridgehead atoms. The van der Waals surface area contributed by atoms with Gasteiger partial charge in [-0.3, -0.25) is 0 Å². The van der Waals surface area contributed by atoms with Crippen molar-refractivity contribution in [3.05, 3.63) is 29.8 Å². The van der Waals surface area contributed by atoms with Crippen molar-refractivity contribution in [3.8, 4) is 0 Å². The topological polar surface area (TPSA) is 95.4 Å². The third-order valence-corrected chi connectivity index (χ3v) is 4.44. The second-order valence-corrected chi connectivity index (χ2v) is 6.20. The van der Waals surface area contributed by atoms with Crippen LogP contribution < -0.4 is 0 Å². The number of aromatic nitrogens is 2. The Kier molecular flexibility index (Phi) is 4.24. The molecule has 2 aromatic rings. The van der Waals surface area contributed by atoms with E-state index in [0.717, 1.165) is 0 Å². The van der Waals surface area contributed by atoms with E-state index in [1.165, 1.54) is 12.3 Å². The van der Waals surface area contributed by atoms with E-state index in [1.807, 2.05) is 6.92 Å². The van der Waals surface area contributed by atoms with Gasteiger partial charge in [-0.05, 0) is 26.8 Å². The van der Waals surface area contributed by atoms with Crippen molar-refractivity contribution >= 4 is 9.84 Å². The molecule has 7 nitrogen and oxygen atoms in total. The lowest BCUT2D eigenvalue weighted by Gasteiger charge is -2.04. The quantitative estimate of drug-likeness (QED) is 0.805. The number of hydrogen-bond acceptors (Lipinski definition) is 7. The van der Waals surface area contributed by atoms with Crippen molar-refractivity contribution in [3.63, 3.8) is 0 Å². The second kappa shape index (κ2) is 5.76. The van der Waals surface area contributed by atoms with Gasteiger partial charge in [0.25, 0.3) is 0 Å². The Morgan fingerprint density at radius 2 is 2.20 bits per heavy atom. The van der Waals surface area contributed by atoms with Gasteiger partial charge in [0.15, 0.2) is 15.7 Å². The Morgan fingerprint density at radius 3 is 2.80 bits per heavy atom. The van der Waals surface area contributed by atoms with E-state index in [1.54, 1.807) is 13.8 Å². The summed E-state index contributed by atoms with van der Waals surface area (Å²) in [6, 6.07) is 1.41. The lowest BCUT2D eigenvalue weighted by Crippen LogP contribution is -2.06. The third-order valence-electron chi connectivity index (χ3n) is 2.72. The van der Waals surface area contributed by atoms with E-state index in [4.69, 9.17) is 13.7 Å². The van der Waals surface area contributed by atoms with Gasteiger partial charge in [-0.1, -0.05) is 5.16 Å². The van der Waals surface area contributed by atoms with E-state index in [0.29, 0.717) is 18.2 Å². The number of hydrogen-bond donors (Lipinski definition) is 0. The number of nitrogens with zero attached hydrogens (tertiary/aromatic N) is 2. The minimum atomic E-state index is -3.56. The minimum absolute atomic E-state index is 0.0344. The van der Waals surface area contributed by atoms with Crippen molar-refractivity contribution in [2.24, 2.45) is 0 Å². The first-order valence-corrected chi connectivity index (χ1v) is 7.80. The highest BCUT2D eigenvalue weighted by atomic mass is 32.2. The zero-order chi connectivity index (χ0) is 14.8. The van der Waals surface area contributed by atoms with Gasteiger partial charge in [0, 0.05) is 6.61 Å². The maximum atomic E-state index is 12.2. The van der Waals surface area contributed by atoms with Crippen LogP contribution in [0.25, 0.3) is 0 Å². The molecule has 0 aliphatic heterocycles. The Balaban J connectivity index is 2.17. The van der Waals surface area contributed by atoms with Crippen molar-refractivity contribution < 1.29 is 22.1 Å². The van der Waals surface area contributed by atoms with Gasteiger partial charge < -0.3 is 13.7 Å². The molecule has 2 rings (SSSR count). The Hall–Kier alpha value is -1.67. The van der Waals surface area contributed by atoms with Crippen LogP contribution in [0.4, 0.5) is 0 Å². The molecule has 8 heteroatoms. The number of ether oxygens (including phenoxy) is 1. The monoisotopic (exact) mass is 300 g/mol. The van der Waals surface area contributed by atoms with E-state index in [9.17, 15) is 8.42 Å². The summed E-state index contributed by atoms with van der Waals surface area (Å²) in [5.41, 5.74) is 0. The molecule has 0 aromatic carbocycles. The minimum Gasteiger partial charge on any atom is -0.468 e. The average molecular weight is 300 g/mol. The summed E-state index contributed by atoms with van der Waals surface area (Å²) in [7, 11) is -3.56. The lowest BCUT2D eigenvalue weighted by atomic mass is 10.4. The molecule has 2 aromatic heterocycles. The fourth-order valence-electron chi connectivity index (χ4n) is 1.75. The molecule has 0 saturated heterocycles. The number of sulfone groups is 1. The van der Waals surface area contributed by atoms with E-state index < -0.39 is 9.84 Å². The number of rotatable bonds is 6. The maximum absolute atomic E-state index is 12.2. The van der Waals surface area contributed by atoms with Crippen LogP contribution in [-0.4, -0.2) is 25.2 Å². The average Bonchev–Trinajstić information content (AvgIpc) is 2.98.